The topological polar surface area (TPSA) is 98.6 Å². The van der Waals surface area contributed by atoms with E-state index in [1.807, 2.05) is 151 Å². The molecule has 0 N–H and O–H groups in total. The molecule has 1 aliphatic heterocycles. The van der Waals surface area contributed by atoms with Crippen LogP contribution in [0.15, 0.2) is 326 Å². The van der Waals surface area contributed by atoms with E-state index < -0.39 is 0 Å². The van der Waals surface area contributed by atoms with Gasteiger partial charge < -0.3 is 9.42 Å². The zero-order valence-electron chi connectivity index (χ0n) is 51.7. The Labute approximate surface area is 632 Å². The number of thioether (sulfide) groups is 1. The van der Waals surface area contributed by atoms with Gasteiger partial charge in [0.25, 0.3) is 0 Å². The van der Waals surface area contributed by atoms with Crippen LogP contribution in [0.1, 0.15) is 5.56 Å². The van der Waals surface area contributed by atoms with Crippen LogP contribution in [0.4, 0.5) is 5.69 Å². The Morgan fingerprint density at radius 1 is 0.361 bits per heavy atom. The predicted octanol–water partition coefficient (Wildman–Crippen LogP) is 20.6. The summed E-state index contributed by atoms with van der Waals surface area (Å²) in [4.78, 5) is 17.1. The van der Waals surface area contributed by atoms with Crippen LogP contribution in [0.3, 0.4) is 0 Å². The fourth-order valence-electron chi connectivity index (χ4n) is 10.1. The van der Waals surface area contributed by atoms with E-state index in [2.05, 4.69) is 247 Å². The van der Waals surface area contributed by atoms with E-state index >= 15 is 0 Å². The van der Waals surface area contributed by atoms with Crippen LogP contribution in [0.2, 0.25) is 0 Å². The van der Waals surface area contributed by atoms with Crippen molar-refractivity contribution in [3.8, 4) is 112 Å². The molecule has 16 rings (SSSR count). The first kappa shape index (κ1) is 72.4. The van der Waals surface area contributed by atoms with E-state index in [4.69, 9.17) is 4.52 Å². The Bertz CT molecular complexity index is 4650. The number of nitrogens with zero attached hydrogens (tertiary/aromatic N) is 8. The average molecular weight is 2010 g/mol. The SMILES string of the molecule is Cn1nc(-c2[c-]cccc2)nc1-c1ccc(-c2ccccc2)cc1.[Pt+2].[Pt+2].[Pt+2].[Pt].[c-]1ccccc1-c1noc(-c2ccc(-c3ccccc3)cc2)n1.[c-]1ccccc1-c1nsc(-c2ccc(-c3ccccc3)cc2)n1.[c-]1ccccc1N1C=C(c2ccc(-c3ccccc3)cc2)S[CH-]1. The average Bonchev–Trinajstić information content (AvgIpc) is 1.85. The standard InChI is InChI=1S/C21H16N3.C21H15NS.C20H13N2O.C20H13N2S.4Pt/c1-24-21(22-20(23-24)18-10-6-3-7-11-18)19-14-12-17(13-15-19)16-8-4-2-5-9-16;1-3-7-17(8-4-1)18-11-13-19(14-12-18)21-15-22(16-23-21)20-9-5-2-6-10-20;2*1-3-7-15(8-4-1)16-11-13-18(14-12-16)20-21-19(22-23-20)17-9-5-2-6-10-17;;;;/h2-10,12-15H,1H3;1-9,11-16H;2*1-9,11-14H;;;;/q-1;-2;2*-1;;3*+2. The van der Waals surface area contributed by atoms with Gasteiger partial charge in [0.15, 0.2) is 0 Å². The van der Waals surface area contributed by atoms with Crippen molar-refractivity contribution < 1.29 is 88.8 Å². The zero-order chi connectivity index (χ0) is 62.8. The first-order valence-corrected chi connectivity index (χ1v) is 31.8. The van der Waals surface area contributed by atoms with Crippen molar-refractivity contribution in [3.63, 3.8) is 0 Å². The summed E-state index contributed by atoms with van der Waals surface area (Å²) in [5, 5.41) is 9.47. The van der Waals surface area contributed by atoms with Crippen molar-refractivity contribution in [1.29, 1.82) is 0 Å². The minimum absolute atomic E-state index is 0. The molecular formula is C82H57N8OPt4S2+. The van der Waals surface area contributed by atoms with Crippen LogP contribution in [0.5, 0.6) is 0 Å². The molecule has 0 aliphatic carbocycles. The van der Waals surface area contributed by atoms with Gasteiger partial charge in [0.05, 0.1) is 11.6 Å². The quantitative estimate of drug-likeness (QED) is 0.111. The number of hydrogen-bond donors (Lipinski definition) is 0. The van der Waals surface area contributed by atoms with Crippen molar-refractivity contribution in [2.24, 2.45) is 7.05 Å². The molecule has 0 spiro atoms. The molecule has 0 unspecified atom stereocenters. The van der Waals surface area contributed by atoms with Gasteiger partial charge in [0.2, 0.25) is 5.89 Å². The summed E-state index contributed by atoms with van der Waals surface area (Å²) >= 11 is 3.16. The third kappa shape index (κ3) is 19.0. The van der Waals surface area contributed by atoms with E-state index in [0.717, 1.165) is 61.3 Å². The van der Waals surface area contributed by atoms with Gasteiger partial charge in [-0.25, -0.2) is 14.5 Å². The summed E-state index contributed by atoms with van der Waals surface area (Å²) in [5.41, 5.74) is 17.7. The van der Waals surface area contributed by atoms with Crippen molar-refractivity contribution in [3.05, 3.63) is 357 Å². The summed E-state index contributed by atoms with van der Waals surface area (Å²) in [7, 11) is 1.92. The number of aryl methyl sites for hydroxylation is 1. The summed E-state index contributed by atoms with van der Waals surface area (Å²) in [6.45, 7) is 0. The first-order chi connectivity index (χ1) is 46.0. The fraction of sp³-hybridized carbons (Fsp3) is 0.0122. The molecule has 15 aromatic rings. The molecule has 3 aromatic heterocycles. The number of hydrogen-bond acceptors (Lipinski definition) is 10. The largest absolute Gasteiger partial charge is 2.00 e. The molecule has 1 aliphatic rings. The van der Waals surface area contributed by atoms with Crippen LogP contribution in [0.25, 0.3) is 117 Å². The molecule has 0 fully saturated rings. The third-order valence-electron chi connectivity index (χ3n) is 15.0. The molecule has 9 nitrogen and oxygen atoms in total. The molecule has 482 valence electrons. The van der Waals surface area contributed by atoms with Crippen molar-refractivity contribution in [1.82, 2.24) is 34.3 Å². The van der Waals surface area contributed by atoms with Crippen LogP contribution in [-0.4, -0.2) is 34.3 Å². The number of aromatic nitrogens is 7. The molecule has 0 saturated carbocycles. The summed E-state index contributed by atoms with van der Waals surface area (Å²) in [6, 6.07) is 119. The smallest absolute Gasteiger partial charge is 0.509 e. The minimum atomic E-state index is 0. The van der Waals surface area contributed by atoms with Crippen molar-refractivity contribution in [2.75, 3.05) is 4.90 Å². The molecule has 15 heteroatoms. The molecule has 0 radical (unpaired) electrons. The van der Waals surface area contributed by atoms with Crippen LogP contribution >= 0.6 is 23.3 Å². The molecule has 4 heterocycles. The second-order valence-electron chi connectivity index (χ2n) is 21.2. The maximum absolute atomic E-state index is 5.37. The monoisotopic (exact) mass is 2010 g/mol. The number of rotatable bonds is 12. The number of benzene rings is 12. The van der Waals surface area contributed by atoms with Gasteiger partial charge in [0.1, 0.15) is 16.7 Å². The Balaban J connectivity index is 0.000000150. The predicted molar refractivity (Wildman–Crippen MR) is 380 cm³/mol. The second-order valence-corrected chi connectivity index (χ2v) is 22.8. The molecule has 0 saturated heterocycles. The Kier molecular flexibility index (Phi) is 27.2. The van der Waals surface area contributed by atoms with Gasteiger partial charge in [-0.05, 0) is 84.8 Å². The molecule has 97 heavy (non-hydrogen) atoms. The molecule has 0 amide bonds. The van der Waals surface area contributed by atoms with Gasteiger partial charge >= 0.3 is 63.2 Å². The minimum Gasteiger partial charge on any atom is -0.509 e. The normalized spacial score (nSPS) is 11.0. The number of anilines is 1. The van der Waals surface area contributed by atoms with Gasteiger partial charge in [-0.1, -0.05) is 206 Å². The van der Waals surface area contributed by atoms with Gasteiger partial charge in [-0.2, -0.15) is 36.2 Å². The Hall–Kier alpha value is -8.88. The fourth-order valence-corrected chi connectivity index (χ4v) is 11.7. The van der Waals surface area contributed by atoms with E-state index in [0.29, 0.717) is 17.5 Å². The van der Waals surface area contributed by atoms with Crippen molar-refractivity contribution in [2.45, 2.75) is 0 Å². The van der Waals surface area contributed by atoms with Crippen LogP contribution < -0.4 is 4.90 Å². The maximum Gasteiger partial charge on any atom is 2.00 e. The number of para-hydroxylation sites is 1. The van der Waals surface area contributed by atoms with Gasteiger partial charge in [-0.15, -0.1) is 119 Å². The maximum atomic E-state index is 5.37. The zero-order valence-corrected chi connectivity index (χ0v) is 62.5. The second kappa shape index (κ2) is 36.5. The summed E-state index contributed by atoms with van der Waals surface area (Å²) in [6.07, 6.45) is 2.16. The molecule has 0 bridgehead atoms. The van der Waals surface area contributed by atoms with E-state index in [-0.39, 0.29) is 84.3 Å². The summed E-state index contributed by atoms with van der Waals surface area (Å²) in [5.74, 6) is 5.45. The molecule has 0 atom stereocenters. The van der Waals surface area contributed by atoms with E-state index in [1.165, 1.54) is 60.9 Å². The first-order valence-electron chi connectivity index (χ1n) is 30.1. The van der Waals surface area contributed by atoms with Crippen LogP contribution in [-0.2, 0) is 91.3 Å². The van der Waals surface area contributed by atoms with Crippen molar-refractivity contribution >= 4 is 33.9 Å². The molecule has 12 aromatic carbocycles. The molecular weight excluding hydrogens is 1960 g/mol. The summed E-state index contributed by atoms with van der Waals surface area (Å²) < 4.78 is 11.6. The van der Waals surface area contributed by atoms with Gasteiger partial charge in [-0.3, -0.25) is 26.4 Å². The van der Waals surface area contributed by atoms with E-state index in [9.17, 15) is 0 Å². The Morgan fingerprint density at radius 2 is 0.742 bits per heavy atom. The van der Waals surface area contributed by atoms with E-state index in [1.54, 1.807) is 11.8 Å². The third-order valence-corrected chi connectivity index (χ3v) is 16.7. The van der Waals surface area contributed by atoms with Crippen LogP contribution in [0, 0.1) is 30.1 Å². The Morgan fingerprint density at radius 3 is 1.19 bits per heavy atom. The van der Waals surface area contributed by atoms with Gasteiger partial charge in [0, 0.05) is 44.8 Å².